The molecule has 0 aromatic rings. The van der Waals surface area contributed by atoms with Gasteiger partial charge < -0.3 is 18.7 Å². The first kappa shape index (κ1) is 31.5. The Balaban J connectivity index is 2.37. The van der Waals surface area contributed by atoms with Gasteiger partial charge >= 0.3 is 11.9 Å². The van der Waals surface area contributed by atoms with Crippen molar-refractivity contribution in [2.24, 2.45) is 17.8 Å². The highest BCUT2D eigenvalue weighted by molar-refractivity contribution is 6.74. The second kappa shape index (κ2) is 11.6. The largest absolute Gasteiger partial charge is 0.481 e. The van der Waals surface area contributed by atoms with Gasteiger partial charge in [-0.05, 0) is 55.0 Å². The molecule has 8 heteroatoms. The third kappa shape index (κ3) is 7.44. The molecule has 0 aromatic heterocycles. The Kier molecular flexibility index (Phi) is 10.1. The average molecular weight is 543 g/mol. The molecule has 36 heavy (non-hydrogen) atoms. The maximum atomic E-state index is 12.8. The summed E-state index contributed by atoms with van der Waals surface area (Å²) in [6, 6.07) is 0. The van der Waals surface area contributed by atoms with E-state index in [-0.39, 0.29) is 46.2 Å². The number of carboxylic acids is 1. The minimum Gasteiger partial charge on any atom is -0.481 e. The van der Waals surface area contributed by atoms with E-state index in [1.54, 1.807) is 0 Å². The number of hydrogen-bond donors (Lipinski definition) is 1. The van der Waals surface area contributed by atoms with Gasteiger partial charge in [-0.15, -0.1) is 0 Å². The van der Waals surface area contributed by atoms with Crippen molar-refractivity contribution in [2.45, 2.75) is 148 Å². The summed E-state index contributed by atoms with van der Waals surface area (Å²) in [7, 11) is -4.26. The molecule has 1 aliphatic heterocycles. The molecule has 1 aliphatic carbocycles. The fourth-order valence-electron chi connectivity index (χ4n) is 5.17. The second-order valence-electron chi connectivity index (χ2n) is 14.3. The molecule has 0 radical (unpaired) electrons. The number of esters is 1. The van der Waals surface area contributed by atoms with Crippen LogP contribution >= 0.6 is 0 Å². The van der Waals surface area contributed by atoms with Gasteiger partial charge in [-0.2, -0.15) is 0 Å². The Labute approximate surface area is 222 Å². The predicted octanol–water partition coefficient (Wildman–Crippen LogP) is 7.39. The van der Waals surface area contributed by atoms with Crippen LogP contribution in [-0.4, -0.2) is 52.0 Å². The summed E-state index contributed by atoms with van der Waals surface area (Å²) in [5.74, 6) is -1.58. The molecule has 2 unspecified atom stereocenters. The van der Waals surface area contributed by atoms with Crippen molar-refractivity contribution in [3.63, 3.8) is 0 Å². The number of carbonyl (C=O) groups is 2. The SMILES string of the molecule is CCCCCC(O[Si](C)(C)C(C)(C)C)C(C[C@H]1[C@H]2CC(=O)O[C@H]2C[C@H]1O[Si](C)(C)C(C)(C)C)C(=O)O. The molecule has 210 valence electrons. The number of ether oxygens (including phenoxy) is 1. The van der Waals surface area contributed by atoms with Crippen LogP contribution in [0.2, 0.25) is 36.3 Å². The van der Waals surface area contributed by atoms with Crippen molar-refractivity contribution in [1.29, 1.82) is 0 Å². The smallest absolute Gasteiger partial charge is 0.309 e. The Morgan fingerprint density at radius 1 is 1.06 bits per heavy atom. The van der Waals surface area contributed by atoms with Crippen molar-refractivity contribution in [1.82, 2.24) is 0 Å². The molecule has 1 heterocycles. The summed E-state index contributed by atoms with van der Waals surface area (Å²) in [5, 5.41) is 10.6. The molecule has 0 spiro atoms. The summed E-state index contributed by atoms with van der Waals surface area (Å²) in [5.41, 5.74) is 0. The van der Waals surface area contributed by atoms with E-state index in [9.17, 15) is 14.7 Å². The van der Waals surface area contributed by atoms with Crippen molar-refractivity contribution >= 4 is 28.6 Å². The minimum atomic E-state index is -2.18. The molecule has 2 rings (SSSR count). The van der Waals surface area contributed by atoms with E-state index in [4.69, 9.17) is 13.6 Å². The average Bonchev–Trinajstić information content (AvgIpc) is 3.18. The van der Waals surface area contributed by atoms with E-state index < -0.39 is 28.5 Å². The van der Waals surface area contributed by atoms with Gasteiger partial charge in [0.1, 0.15) is 6.10 Å². The number of unbranched alkanes of at least 4 members (excludes halogenated alkanes) is 2. The van der Waals surface area contributed by atoms with E-state index in [1.807, 2.05) is 0 Å². The first-order chi connectivity index (χ1) is 16.3. The number of rotatable bonds is 12. The predicted molar refractivity (Wildman–Crippen MR) is 150 cm³/mol. The zero-order valence-electron chi connectivity index (χ0n) is 24.9. The van der Waals surface area contributed by atoms with E-state index in [2.05, 4.69) is 74.7 Å². The van der Waals surface area contributed by atoms with E-state index in [1.165, 1.54) is 0 Å². The van der Waals surface area contributed by atoms with E-state index in [0.29, 0.717) is 19.3 Å². The monoisotopic (exact) mass is 542 g/mol. The van der Waals surface area contributed by atoms with Crippen molar-refractivity contribution in [2.75, 3.05) is 0 Å². The lowest BCUT2D eigenvalue weighted by Gasteiger charge is -2.42. The number of carbonyl (C=O) groups excluding carboxylic acids is 1. The van der Waals surface area contributed by atoms with Crippen LogP contribution in [0.4, 0.5) is 0 Å². The number of aliphatic carboxylic acids is 1. The van der Waals surface area contributed by atoms with Gasteiger partial charge in [-0.3, -0.25) is 9.59 Å². The molecule has 0 amide bonds. The minimum absolute atomic E-state index is 0.00277. The summed E-state index contributed by atoms with van der Waals surface area (Å²) in [6.07, 6.45) is 4.79. The molecule has 6 atom stereocenters. The molecule has 1 saturated heterocycles. The lowest BCUT2D eigenvalue weighted by atomic mass is 9.81. The van der Waals surface area contributed by atoms with Gasteiger partial charge in [0.15, 0.2) is 16.6 Å². The Morgan fingerprint density at radius 3 is 2.14 bits per heavy atom. The summed E-state index contributed by atoms with van der Waals surface area (Å²) < 4.78 is 19.4. The Bertz CT molecular complexity index is 767. The number of fused-ring (bicyclic) bond motifs is 1. The number of hydrogen-bond acceptors (Lipinski definition) is 5. The molecule has 2 aliphatic rings. The van der Waals surface area contributed by atoms with Crippen molar-refractivity contribution < 1.29 is 28.3 Å². The van der Waals surface area contributed by atoms with Gasteiger partial charge in [0.2, 0.25) is 0 Å². The quantitative estimate of drug-likeness (QED) is 0.157. The van der Waals surface area contributed by atoms with E-state index in [0.717, 1.165) is 25.7 Å². The molecule has 2 fully saturated rings. The van der Waals surface area contributed by atoms with Crippen LogP contribution in [0, 0.1) is 17.8 Å². The van der Waals surface area contributed by atoms with Gasteiger partial charge in [-0.1, -0.05) is 67.7 Å². The van der Waals surface area contributed by atoms with Crippen LogP contribution in [0.25, 0.3) is 0 Å². The fraction of sp³-hybridized carbons (Fsp3) is 0.929. The normalized spacial score (nSPS) is 27.0. The first-order valence-corrected chi connectivity index (χ1v) is 19.9. The highest BCUT2D eigenvalue weighted by Crippen LogP contribution is 2.49. The third-order valence-electron chi connectivity index (χ3n) is 9.54. The summed E-state index contributed by atoms with van der Waals surface area (Å²) in [6.45, 7) is 24.3. The third-order valence-corrected chi connectivity index (χ3v) is 18.6. The first-order valence-electron chi connectivity index (χ1n) is 14.1. The topological polar surface area (TPSA) is 82.1 Å². The van der Waals surface area contributed by atoms with Crippen molar-refractivity contribution in [3.8, 4) is 0 Å². The van der Waals surface area contributed by atoms with Crippen LogP contribution < -0.4 is 0 Å². The Hall–Kier alpha value is -0.706. The van der Waals surface area contributed by atoms with Gasteiger partial charge in [0.05, 0.1) is 24.5 Å². The van der Waals surface area contributed by atoms with Crippen LogP contribution in [0.5, 0.6) is 0 Å². The van der Waals surface area contributed by atoms with Gasteiger partial charge in [-0.25, -0.2) is 0 Å². The zero-order chi connectivity index (χ0) is 27.7. The maximum Gasteiger partial charge on any atom is 0.309 e. The Morgan fingerprint density at radius 2 is 1.64 bits per heavy atom. The lowest BCUT2D eigenvalue weighted by Crippen LogP contribution is -2.48. The molecule has 0 aromatic carbocycles. The molecule has 1 saturated carbocycles. The number of carboxylic acid groups (broad SMARTS) is 1. The lowest BCUT2D eigenvalue weighted by molar-refractivity contribution is -0.147. The highest BCUT2D eigenvalue weighted by Gasteiger charge is 2.54. The molecular weight excluding hydrogens is 488 g/mol. The summed E-state index contributed by atoms with van der Waals surface area (Å²) in [4.78, 5) is 25.0. The van der Waals surface area contributed by atoms with Crippen LogP contribution in [-0.2, 0) is 23.2 Å². The van der Waals surface area contributed by atoms with Gasteiger partial charge in [0, 0.05) is 12.3 Å². The van der Waals surface area contributed by atoms with E-state index >= 15 is 0 Å². The highest BCUT2D eigenvalue weighted by atomic mass is 28.4. The standard InChI is InChI=1S/C28H54O6Si2/c1-12-13-14-15-22(33-35(8,9)27(2,3)4)21(26(30)31)16-19-20-17-25(29)32-23(20)18-24(19)34-36(10,11)28(5,6)7/h19-24H,12-18H2,1-11H3,(H,30,31)/t19-,20+,21?,22?,23-,24+/m0/s1. The molecular formula is C28H54O6Si2. The van der Waals surface area contributed by atoms with Crippen molar-refractivity contribution in [3.05, 3.63) is 0 Å². The summed E-state index contributed by atoms with van der Waals surface area (Å²) >= 11 is 0. The van der Waals surface area contributed by atoms with Crippen LogP contribution in [0.1, 0.15) is 93.4 Å². The van der Waals surface area contributed by atoms with Crippen LogP contribution in [0.15, 0.2) is 0 Å². The fourth-order valence-corrected chi connectivity index (χ4v) is 7.95. The maximum absolute atomic E-state index is 12.8. The molecule has 1 N–H and O–H groups in total. The zero-order valence-corrected chi connectivity index (χ0v) is 26.9. The second-order valence-corrected chi connectivity index (χ2v) is 23.8. The molecule has 6 nitrogen and oxygen atoms in total. The van der Waals surface area contributed by atoms with Gasteiger partial charge in [0.25, 0.3) is 0 Å². The molecule has 0 bridgehead atoms. The van der Waals surface area contributed by atoms with Crippen LogP contribution in [0.3, 0.4) is 0 Å².